The number of methoxy groups -OCH3 is 1. The molecular weight excluding hydrogens is 524 g/mol. The van der Waals surface area contributed by atoms with Gasteiger partial charge < -0.3 is 19.7 Å². The standard InChI is InChI=1S/C27H27BrN4O4/c1-35-24-15-20(23(28)16-25(24)36-18-26(33)30-21-7-3-2-4-8-21)17-29-31-27(34)19-9-11-22(12-10-19)32-13-5-6-14-32/h2-4,7-12,15-17H,5-6,13-14,18H2,1H3,(H,30,33)(H,31,34)/b29-17-. The Bertz CT molecular complexity index is 1230. The van der Waals surface area contributed by atoms with Crippen molar-refractivity contribution in [3.8, 4) is 11.5 Å². The Balaban J connectivity index is 1.34. The van der Waals surface area contributed by atoms with Crippen molar-refractivity contribution in [3.63, 3.8) is 0 Å². The molecule has 0 atom stereocenters. The van der Waals surface area contributed by atoms with E-state index >= 15 is 0 Å². The van der Waals surface area contributed by atoms with Gasteiger partial charge in [-0.3, -0.25) is 9.59 Å². The van der Waals surface area contributed by atoms with Gasteiger partial charge in [-0.1, -0.05) is 18.2 Å². The number of carbonyl (C=O) groups is 2. The van der Waals surface area contributed by atoms with Crippen LogP contribution in [0, 0.1) is 0 Å². The van der Waals surface area contributed by atoms with E-state index in [4.69, 9.17) is 9.47 Å². The summed E-state index contributed by atoms with van der Waals surface area (Å²) in [6, 6.07) is 20.1. The lowest BCUT2D eigenvalue weighted by atomic mass is 10.2. The first kappa shape index (κ1) is 25.2. The van der Waals surface area contributed by atoms with Gasteiger partial charge in [0.15, 0.2) is 18.1 Å². The molecule has 36 heavy (non-hydrogen) atoms. The van der Waals surface area contributed by atoms with Gasteiger partial charge in [0.1, 0.15) is 0 Å². The average molecular weight is 551 g/mol. The molecule has 1 heterocycles. The van der Waals surface area contributed by atoms with Crippen molar-refractivity contribution in [2.45, 2.75) is 12.8 Å². The van der Waals surface area contributed by atoms with E-state index in [1.165, 1.54) is 26.2 Å². The third-order valence-corrected chi connectivity index (χ3v) is 6.36. The van der Waals surface area contributed by atoms with Crippen LogP contribution in [0.3, 0.4) is 0 Å². The van der Waals surface area contributed by atoms with Gasteiger partial charge in [-0.05, 0) is 77.3 Å². The Morgan fingerprint density at radius 2 is 1.75 bits per heavy atom. The van der Waals surface area contributed by atoms with Crippen LogP contribution < -0.4 is 25.1 Å². The van der Waals surface area contributed by atoms with Crippen molar-refractivity contribution in [1.29, 1.82) is 0 Å². The topological polar surface area (TPSA) is 92.3 Å². The highest BCUT2D eigenvalue weighted by Crippen LogP contribution is 2.33. The minimum Gasteiger partial charge on any atom is -0.493 e. The lowest BCUT2D eigenvalue weighted by Gasteiger charge is -2.17. The molecule has 0 spiro atoms. The van der Waals surface area contributed by atoms with Gasteiger partial charge in [-0.25, -0.2) is 5.43 Å². The van der Waals surface area contributed by atoms with Gasteiger partial charge >= 0.3 is 0 Å². The second-order valence-electron chi connectivity index (χ2n) is 8.17. The molecule has 1 aliphatic heterocycles. The van der Waals surface area contributed by atoms with Crippen LogP contribution in [0.1, 0.15) is 28.8 Å². The number of para-hydroxylation sites is 1. The smallest absolute Gasteiger partial charge is 0.271 e. The Kier molecular flexibility index (Phi) is 8.57. The molecule has 1 aliphatic rings. The molecule has 4 rings (SSSR count). The number of benzene rings is 3. The summed E-state index contributed by atoms with van der Waals surface area (Å²) in [5, 5.41) is 6.84. The van der Waals surface area contributed by atoms with Crippen molar-refractivity contribution in [3.05, 3.63) is 82.3 Å². The monoisotopic (exact) mass is 550 g/mol. The van der Waals surface area contributed by atoms with Crippen LogP contribution in [0.15, 0.2) is 76.3 Å². The number of hydrogen-bond donors (Lipinski definition) is 2. The molecular formula is C27H27BrN4O4. The van der Waals surface area contributed by atoms with Gasteiger partial charge in [0.2, 0.25) is 0 Å². The fourth-order valence-electron chi connectivity index (χ4n) is 3.81. The first-order valence-electron chi connectivity index (χ1n) is 11.6. The quantitative estimate of drug-likeness (QED) is 0.294. The Morgan fingerprint density at radius 3 is 2.44 bits per heavy atom. The molecule has 2 N–H and O–H groups in total. The molecule has 0 unspecified atom stereocenters. The fraction of sp³-hybridized carbons (Fsp3) is 0.222. The molecule has 0 saturated carbocycles. The molecule has 186 valence electrons. The van der Waals surface area contributed by atoms with Crippen molar-refractivity contribution in [2.75, 3.05) is 37.0 Å². The van der Waals surface area contributed by atoms with E-state index in [1.54, 1.807) is 36.4 Å². The number of ether oxygens (including phenoxy) is 2. The Hall–Kier alpha value is -3.85. The van der Waals surface area contributed by atoms with Crippen LogP contribution in [0.5, 0.6) is 11.5 Å². The summed E-state index contributed by atoms with van der Waals surface area (Å²) in [7, 11) is 1.51. The average Bonchev–Trinajstić information content (AvgIpc) is 3.44. The number of carbonyl (C=O) groups excluding carboxylic acids is 2. The summed E-state index contributed by atoms with van der Waals surface area (Å²) in [4.78, 5) is 27.0. The van der Waals surface area contributed by atoms with Crippen molar-refractivity contribution < 1.29 is 19.1 Å². The molecule has 1 saturated heterocycles. The highest BCUT2D eigenvalue weighted by Gasteiger charge is 2.14. The zero-order valence-electron chi connectivity index (χ0n) is 19.9. The van der Waals surface area contributed by atoms with Gasteiger partial charge in [0, 0.05) is 40.1 Å². The van der Waals surface area contributed by atoms with Crippen molar-refractivity contribution in [2.24, 2.45) is 5.10 Å². The maximum atomic E-state index is 12.5. The summed E-state index contributed by atoms with van der Waals surface area (Å²) in [6.07, 6.45) is 3.91. The molecule has 0 aromatic heterocycles. The third kappa shape index (κ3) is 6.63. The second-order valence-corrected chi connectivity index (χ2v) is 9.02. The first-order chi connectivity index (χ1) is 17.5. The number of hydrazone groups is 1. The Labute approximate surface area is 218 Å². The summed E-state index contributed by atoms with van der Waals surface area (Å²) < 4.78 is 11.7. The third-order valence-electron chi connectivity index (χ3n) is 5.67. The number of amides is 2. The largest absolute Gasteiger partial charge is 0.493 e. The lowest BCUT2D eigenvalue weighted by Crippen LogP contribution is -2.20. The lowest BCUT2D eigenvalue weighted by molar-refractivity contribution is -0.118. The summed E-state index contributed by atoms with van der Waals surface area (Å²) in [5.74, 6) is 0.232. The highest BCUT2D eigenvalue weighted by atomic mass is 79.9. The summed E-state index contributed by atoms with van der Waals surface area (Å²) in [5.41, 5.74) is 5.56. The van der Waals surface area contributed by atoms with E-state index in [2.05, 4.69) is 36.7 Å². The summed E-state index contributed by atoms with van der Waals surface area (Å²) >= 11 is 3.48. The minimum atomic E-state index is -0.299. The van der Waals surface area contributed by atoms with Crippen LogP contribution in [0.4, 0.5) is 11.4 Å². The summed E-state index contributed by atoms with van der Waals surface area (Å²) in [6.45, 7) is 1.93. The normalized spacial score (nSPS) is 13.0. The van der Waals surface area contributed by atoms with Gasteiger partial charge in [0.25, 0.3) is 11.8 Å². The second kappa shape index (κ2) is 12.2. The van der Waals surface area contributed by atoms with Gasteiger partial charge in [-0.15, -0.1) is 0 Å². The number of rotatable bonds is 9. The van der Waals surface area contributed by atoms with Crippen molar-refractivity contribution in [1.82, 2.24) is 5.43 Å². The van der Waals surface area contributed by atoms with E-state index in [0.29, 0.717) is 32.8 Å². The number of nitrogens with zero attached hydrogens (tertiary/aromatic N) is 2. The number of halogens is 1. The maximum absolute atomic E-state index is 12.5. The molecule has 0 aliphatic carbocycles. The molecule has 3 aromatic carbocycles. The number of hydrogen-bond acceptors (Lipinski definition) is 6. The minimum absolute atomic E-state index is 0.183. The fourth-order valence-corrected chi connectivity index (χ4v) is 4.23. The number of anilines is 2. The number of nitrogens with one attached hydrogen (secondary N) is 2. The van der Waals surface area contributed by atoms with Gasteiger partial charge in [-0.2, -0.15) is 5.10 Å². The Morgan fingerprint density at radius 1 is 1.03 bits per heavy atom. The van der Waals surface area contributed by atoms with Crippen LogP contribution in [0.25, 0.3) is 0 Å². The van der Waals surface area contributed by atoms with Crippen LogP contribution in [-0.4, -0.2) is 44.8 Å². The molecule has 1 fully saturated rings. The van der Waals surface area contributed by atoms with E-state index in [9.17, 15) is 9.59 Å². The van der Waals surface area contributed by atoms with Crippen molar-refractivity contribution >= 4 is 45.3 Å². The molecule has 3 aromatic rings. The van der Waals surface area contributed by atoms with E-state index < -0.39 is 0 Å². The van der Waals surface area contributed by atoms with Crippen LogP contribution >= 0.6 is 15.9 Å². The SMILES string of the molecule is COc1cc(/C=N\NC(=O)c2ccc(N3CCCC3)cc2)c(Br)cc1OCC(=O)Nc1ccccc1. The van der Waals surface area contributed by atoms with Crippen LogP contribution in [0.2, 0.25) is 0 Å². The van der Waals surface area contributed by atoms with E-state index in [-0.39, 0.29) is 18.4 Å². The van der Waals surface area contributed by atoms with Crippen LogP contribution in [-0.2, 0) is 4.79 Å². The zero-order valence-corrected chi connectivity index (χ0v) is 21.5. The first-order valence-corrected chi connectivity index (χ1v) is 12.4. The molecule has 8 nitrogen and oxygen atoms in total. The van der Waals surface area contributed by atoms with E-state index in [1.807, 2.05) is 30.3 Å². The zero-order chi connectivity index (χ0) is 25.3. The predicted molar refractivity (Wildman–Crippen MR) is 144 cm³/mol. The predicted octanol–water partition coefficient (Wildman–Crippen LogP) is 4.84. The van der Waals surface area contributed by atoms with E-state index in [0.717, 1.165) is 18.8 Å². The molecule has 0 bridgehead atoms. The highest BCUT2D eigenvalue weighted by molar-refractivity contribution is 9.10. The molecule has 9 heteroatoms. The molecule has 2 amide bonds. The van der Waals surface area contributed by atoms with Gasteiger partial charge in [0.05, 0.1) is 13.3 Å². The maximum Gasteiger partial charge on any atom is 0.271 e. The molecule has 0 radical (unpaired) electrons.